The summed E-state index contributed by atoms with van der Waals surface area (Å²) in [5.74, 6) is -0.222. The molecule has 5 heteroatoms. The first-order valence-electron chi connectivity index (χ1n) is 7.19. The fourth-order valence-corrected chi connectivity index (χ4v) is 2.49. The standard InChI is InChI=1S/C14H26N2O3/c1-4-10-5-6-15-12(7-10)14(19)16-11(9(2)3)8-13(17)18/h9-12,15H,4-8H2,1-3H3,(H,16,19)(H,17,18). The molecule has 3 unspecified atom stereocenters. The molecule has 0 aliphatic carbocycles. The number of amides is 1. The van der Waals surface area contributed by atoms with Crippen molar-refractivity contribution in [2.45, 2.75) is 58.5 Å². The Morgan fingerprint density at radius 1 is 1.42 bits per heavy atom. The number of nitrogens with one attached hydrogen (secondary N) is 2. The third kappa shape index (κ3) is 5.19. The van der Waals surface area contributed by atoms with Crippen LogP contribution in [0, 0.1) is 11.8 Å². The van der Waals surface area contributed by atoms with E-state index in [9.17, 15) is 9.59 Å². The highest BCUT2D eigenvalue weighted by atomic mass is 16.4. The van der Waals surface area contributed by atoms with Crippen LogP contribution >= 0.6 is 0 Å². The van der Waals surface area contributed by atoms with E-state index in [-0.39, 0.29) is 30.3 Å². The van der Waals surface area contributed by atoms with Gasteiger partial charge in [-0.05, 0) is 31.2 Å². The highest BCUT2D eigenvalue weighted by Gasteiger charge is 2.28. The van der Waals surface area contributed by atoms with E-state index in [4.69, 9.17) is 5.11 Å². The first-order valence-corrected chi connectivity index (χ1v) is 7.19. The zero-order valence-electron chi connectivity index (χ0n) is 12.1. The van der Waals surface area contributed by atoms with E-state index in [1.165, 1.54) is 0 Å². The molecule has 1 heterocycles. The molecule has 0 aromatic carbocycles. The molecule has 110 valence electrons. The summed E-state index contributed by atoms with van der Waals surface area (Å²) in [4.78, 5) is 23.0. The molecule has 1 saturated heterocycles. The predicted molar refractivity (Wildman–Crippen MR) is 73.8 cm³/mol. The molecule has 0 bridgehead atoms. The monoisotopic (exact) mass is 270 g/mol. The van der Waals surface area contributed by atoms with Crippen molar-refractivity contribution in [3.63, 3.8) is 0 Å². The van der Waals surface area contributed by atoms with E-state index >= 15 is 0 Å². The Labute approximate surface area is 115 Å². The number of carbonyl (C=O) groups is 2. The Morgan fingerprint density at radius 2 is 2.11 bits per heavy atom. The van der Waals surface area contributed by atoms with Crippen molar-refractivity contribution in [2.24, 2.45) is 11.8 Å². The lowest BCUT2D eigenvalue weighted by molar-refractivity contribution is -0.138. The van der Waals surface area contributed by atoms with Crippen LogP contribution in [0.2, 0.25) is 0 Å². The summed E-state index contributed by atoms with van der Waals surface area (Å²) in [7, 11) is 0. The van der Waals surface area contributed by atoms with E-state index in [2.05, 4.69) is 17.6 Å². The van der Waals surface area contributed by atoms with E-state index in [1.807, 2.05) is 13.8 Å². The minimum atomic E-state index is -0.873. The topological polar surface area (TPSA) is 78.4 Å². The lowest BCUT2D eigenvalue weighted by Gasteiger charge is -2.31. The number of aliphatic carboxylic acids is 1. The van der Waals surface area contributed by atoms with Crippen molar-refractivity contribution < 1.29 is 14.7 Å². The van der Waals surface area contributed by atoms with Crippen LogP contribution in [0.4, 0.5) is 0 Å². The summed E-state index contributed by atoms with van der Waals surface area (Å²) in [6, 6.07) is -0.470. The molecule has 1 rings (SSSR count). The van der Waals surface area contributed by atoms with Crippen molar-refractivity contribution >= 4 is 11.9 Å². The zero-order valence-corrected chi connectivity index (χ0v) is 12.1. The van der Waals surface area contributed by atoms with Crippen LogP contribution in [0.25, 0.3) is 0 Å². The lowest BCUT2D eigenvalue weighted by Crippen LogP contribution is -2.52. The number of rotatable bonds is 6. The fraction of sp³-hybridized carbons (Fsp3) is 0.857. The molecule has 3 N–H and O–H groups in total. The molecule has 3 atom stereocenters. The quantitative estimate of drug-likeness (QED) is 0.681. The Bertz CT molecular complexity index is 318. The lowest BCUT2D eigenvalue weighted by atomic mass is 9.89. The summed E-state index contributed by atoms with van der Waals surface area (Å²) in [5, 5.41) is 15.0. The second-order valence-corrected chi connectivity index (χ2v) is 5.76. The van der Waals surface area contributed by atoms with Crippen LogP contribution < -0.4 is 10.6 Å². The van der Waals surface area contributed by atoms with Crippen LogP contribution in [0.15, 0.2) is 0 Å². The maximum atomic E-state index is 12.2. The Balaban J connectivity index is 2.53. The minimum Gasteiger partial charge on any atom is -0.481 e. The SMILES string of the molecule is CCC1CCNC(C(=O)NC(CC(=O)O)C(C)C)C1. The summed E-state index contributed by atoms with van der Waals surface area (Å²) in [6.45, 7) is 6.86. The molecule has 19 heavy (non-hydrogen) atoms. The van der Waals surface area contributed by atoms with Gasteiger partial charge in [-0.1, -0.05) is 27.2 Å². The molecule has 1 aliphatic rings. The van der Waals surface area contributed by atoms with Gasteiger partial charge in [-0.25, -0.2) is 0 Å². The maximum absolute atomic E-state index is 12.2. The Kier molecular flexibility index (Phi) is 6.28. The number of carbonyl (C=O) groups excluding carboxylic acids is 1. The van der Waals surface area contributed by atoms with E-state index in [0.29, 0.717) is 5.92 Å². The number of carboxylic acids is 1. The molecule has 0 aromatic rings. The Hall–Kier alpha value is -1.10. The largest absolute Gasteiger partial charge is 0.481 e. The second kappa shape index (κ2) is 7.48. The van der Waals surface area contributed by atoms with Gasteiger partial charge >= 0.3 is 5.97 Å². The van der Waals surface area contributed by atoms with E-state index in [0.717, 1.165) is 25.8 Å². The molecule has 1 fully saturated rings. The van der Waals surface area contributed by atoms with Crippen molar-refractivity contribution in [3.8, 4) is 0 Å². The molecule has 1 aliphatic heterocycles. The summed E-state index contributed by atoms with van der Waals surface area (Å²) in [6.07, 6.45) is 3.03. The van der Waals surface area contributed by atoms with Gasteiger partial charge in [0.1, 0.15) is 0 Å². The first kappa shape index (κ1) is 16.0. The van der Waals surface area contributed by atoms with Gasteiger partial charge in [-0.15, -0.1) is 0 Å². The molecule has 0 aromatic heterocycles. The fourth-order valence-electron chi connectivity index (χ4n) is 2.49. The number of piperidine rings is 1. The van der Waals surface area contributed by atoms with Gasteiger partial charge in [0.25, 0.3) is 0 Å². The zero-order chi connectivity index (χ0) is 14.4. The van der Waals surface area contributed by atoms with Crippen LogP contribution in [0.3, 0.4) is 0 Å². The maximum Gasteiger partial charge on any atom is 0.305 e. The summed E-state index contributed by atoms with van der Waals surface area (Å²) < 4.78 is 0. The smallest absolute Gasteiger partial charge is 0.305 e. The summed E-state index contributed by atoms with van der Waals surface area (Å²) in [5.41, 5.74) is 0. The van der Waals surface area contributed by atoms with Gasteiger partial charge < -0.3 is 15.7 Å². The van der Waals surface area contributed by atoms with Crippen LogP contribution in [0.1, 0.15) is 46.5 Å². The average Bonchev–Trinajstić information content (AvgIpc) is 2.37. The normalized spacial score (nSPS) is 25.1. The molecule has 1 amide bonds. The summed E-state index contributed by atoms with van der Waals surface area (Å²) >= 11 is 0. The van der Waals surface area contributed by atoms with Gasteiger partial charge in [0.05, 0.1) is 12.5 Å². The van der Waals surface area contributed by atoms with Crippen LogP contribution in [0.5, 0.6) is 0 Å². The number of hydrogen-bond acceptors (Lipinski definition) is 3. The number of carboxylic acid groups (broad SMARTS) is 1. The number of hydrogen-bond donors (Lipinski definition) is 3. The third-order valence-electron chi connectivity index (χ3n) is 3.93. The highest BCUT2D eigenvalue weighted by molar-refractivity contribution is 5.82. The van der Waals surface area contributed by atoms with Crippen molar-refractivity contribution in [1.29, 1.82) is 0 Å². The molecule has 0 spiro atoms. The molecule has 5 nitrogen and oxygen atoms in total. The van der Waals surface area contributed by atoms with E-state index in [1.54, 1.807) is 0 Å². The van der Waals surface area contributed by atoms with E-state index < -0.39 is 5.97 Å². The molecule has 0 radical (unpaired) electrons. The average molecular weight is 270 g/mol. The Morgan fingerprint density at radius 3 is 2.63 bits per heavy atom. The highest BCUT2D eigenvalue weighted by Crippen LogP contribution is 2.19. The minimum absolute atomic E-state index is 0.0205. The van der Waals surface area contributed by atoms with Gasteiger partial charge in [0, 0.05) is 6.04 Å². The molecular weight excluding hydrogens is 244 g/mol. The molecular formula is C14H26N2O3. The van der Waals surface area contributed by atoms with Crippen LogP contribution in [-0.4, -0.2) is 35.6 Å². The van der Waals surface area contributed by atoms with Crippen molar-refractivity contribution in [1.82, 2.24) is 10.6 Å². The van der Waals surface area contributed by atoms with Crippen molar-refractivity contribution in [3.05, 3.63) is 0 Å². The van der Waals surface area contributed by atoms with Crippen LogP contribution in [-0.2, 0) is 9.59 Å². The third-order valence-corrected chi connectivity index (χ3v) is 3.93. The van der Waals surface area contributed by atoms with Gasteiger partial charge in [-0.3, -0.25) is 9.59 Å². The first-order chi connectivity index (χ1) is 8.93. The second-order valence-electron chi connectivity index (χ2n) is 5.76. The van der Waals surface area contributed by atoms with Crippen molar-refractivity contribution in [2.75, 3.05) is 6.54 Å². The van der Waals surface area contributed by atoms with Gasteiger partial charge in [0.15, 0.2) is 0 Å². The molecule has 0 saturated carbocycles. The predicted octanol–water partition coefficient (Wildman–Crippen LogP) is 1.38. The van der Waals surface area contributed by atoms with Gasteiger partial charge in [-0.2, -0.15) is 0 Å². The van der Waals surface area contributed by atoms with Gasteiger partial charge in [0.2, 0.25) is 5.91 Å².